The number of hydrogen-bond donors (Lipinski definition) is 1. The van der Waals surface area contributed by atoms with E-state index in [1.165, 1.54) is 0 Å². The van der Waals surface area contributed by atoms with Crippen LogP contribution in [0.3, 0.4) is 0 Å². The highest BCUT2D eigenvalue weighted by Gasteiger charge is 2.38. The molecule has 120 valence electrons. The van der Waals surface area contributed by atoms with E-state index in [0.717, 1.165) is 33.7 Å². The summed E-state index contributed by atoms with van der Waals surface area (Å²) in [4.78, 5) is 14.0. The molecular weight excluding hydrogens is 290 g/mol. The second-order valence-electron chi connectivity index (χ2n) is 6.12. The molecule has 0 bridgehead atoms. The summed E-state index contributed by atoms with van der Waals surface area (Å²) in [6.07, 6.45) is 0.456. The summed E-state index contributed by atoms with van der Waals surface area (Å²) in [6, 6.07) is 9.47. The monoisotopic (exact) mass is 311 g/mol. The second kappa shape index (κ2) is 5.61. The van der Waals surface area contributed by atoms with E-state index in [2.05, 4.69) is 0 Å². The number of phenolic OH excluding ortho intramolecular Hbond substituents is 1. The van der Waals surface area contributed by atoms with Crippen LogP contribution in [-0.2, 0) is 4.79 Å². The number of anilines is 1. The molecule has 0 radical (unpaired) electrons. The van der Waals surface area contributed by atoms with Crippen molar-refractivity contribution < 1.29 is 14.6 Å². The summed E-state index contributed by atoms with van der Waals surface area (Å²) < 4.78 is 5.42. The lowest BCUT2D eigenvalue weighted by Gasteiger charge is -2.41. The Labute approximate surface area is 136 Å². The van der Waals surface area contributed by atoms with Crippen LogP contribution in [0.2, 0.25) is 0 Å². The largest absolute Gasteiger partial charge is 0.508 e. The van der Waals surface area contributed by atoms with Gasteiger partial charge in [0.25, 0.3) is 0 Å². The number of β-lactam (4-membered cyclic amide) rings is 1. The van der Waals surface area contributed by atoms with E-state index in [1.807, 2.05) is 45.0 Å². The zero-order chi connectivity index (χ0) is 16.7. The number of carbonyl (C=O) groups is 1. The van der Waals surface area contributed by atoms with Gasteiger partial charge in [0.05, 0.1) is 19.6 Å². The summed E-state index contributed by atoms with van der Waals surface area (Å²) in [6.45, 7) is 5.88. The van der Waals surface area contributed by atoms with Gasteiger partial charge in [-0.15, -0.1) is 0 Å². The average molecular weight is 311 g/mol. The van der Waals surface area contributed by atoms with Crippen LogP contribution in [-0.4, -0.2) is 18.1 Å². The summed E-state index contributed by atoms with van der Waals surface area (Å²) >= 11 is 0. The van der Waals surface area contributed by atoms with Crippen molar-refractivity contribution in [2.75, 3.05) is 12.0 Å². The van der Waals surface area contributed by atoms with Crippen molar-refractivity contribution in [2.45, 2.75) is 33.2 Å². The van der Waals surface area contributed by atoms with Crippen LogP contribution < -0.4 is 9.64 Å². The van der Waals surface area contributed by atoms with Crippen molar-refractivity contribution in [1.82, 2.24) is 0 Å². The topological polar surface area (TPSA) is 49.8 Å². The predicted molar refractivity (Wildman–Crippen MR) is 90.2 cm³/mol. The minimum absolute atomic E-state index is 0.0409. The molecule has 0 unspecified atom stereocenters. The molecule has 1 N–H and O–H groups in total. The molecule has 1 fully saturated rings. The molecule has 1 atom stereocenters. The Hall–Kier alpha value is -2.49. The maximum absolute atomic E-state index is 12.2. The fraction of sp³-hybridized carbons (Fsp3) is 0.316. The molecule has 23 heavy (non-hydrogen) atoms. The van der Waals surface area contributed by atoms with Crippen LogP contribution in [0.25, 0.3) is 0 Å². The maximum atomic E-state index is 12.2. The fourth-order valence-corrected chi connectivity index (χ4v) is 3.00. The van der Waals surface area contributed by atoms with Crippen LogP contribution in [0.15, 0.2) is 30.3 Å². The Bertz CT molecular complexity index is 782. The van der Waals surface area contributed by atoms with Crippen LogP contribution in [0.1, 0.15) is 34.7 Å². The second-order valence-corrected chi connectivity index (χ2v) is 6.12. The lowest BCUT2D eigenvalue weighted by atomic mass is 9.91. The van der Waals surface area contributed by atoms with Crippen molar-refractivity contribution >= 4 is 11.6 Å². The molecule has 1 aliphatic heterocycles. The van der Waals surface area contributed by atoms with E-state index in [1.54, 1.807) is 18.1 Å². The Morgan fingerprint density at radius 2 is 1.87 bits per heavy atom. The van der Waals surface area contributed by atoms with Gasteiger partial charge in [0.1, 0.15) is 11.5 Å². The number of methoxy groups -OCH3 is 1. The van der Waals surface area contributed by atoms with E-state index in [0.29, 0.717) is 6.42 Å². The first-order valence-electron chi connectivity index (χ1n) is 7.69. The number of nitrogens with zero attached hydrogens (tertiary/aromatic N) is 1. The standard InChI is InChI=1S/C19H21NO3/c1-11-5-6-14(8-17(11)21)16-10-19(22)20(16)15-7-12(2)13(3)18(9-15)23-4/h5-9,16,21H,10H2,1-4H3/t16-/m1/s1. The molecule has 2 aromatic carbocycles. The normalized spacial score (nSPS) is 17.1. The molecule has 0 saturated carbocycles. The van der Waals surface area contributed by atoms with Gasteiger partial charge in [0, 0.05) is 11.8 Å². The predicted octanol–water partition coefficient (Wildman–Crippen LogP) is 3.80. The van der Waals surface area contributed by atoms with E-state index in [4.69, 9.17) is 4.74 Å². The molecule has 1 heterocycles. The molecule has 1 aliphatic rings. The van der Waals surface area contributed by atoms with Gasteiger partial charge in [-0.3, -0.25) is 4.79 Å². The van der Waals surface area contributed by atoms with E-state index >= 15 is 0 Å². The molecule has 2 aromatic rings. The minimum Gasteiger partial charge on any atom is -0.508 e. The summed E-state index contributed by atoms with van der Waals surface area (Å²) in [7, 11) is 1.64. The lowest BCUT2D eigenvalue weighted by molar-refractivity contribution is -0.124. The smallest absolute Gasteiger partial charge is 0.230 e. The quantitative estimate of drug-likeness (QED) is 0.877. The Balaban J connectivity index is 1.99. The molecule has 1 amide bonds. The molecule has 3 rings (SSSR count). The Morgan fingerprint density at radius 3 is 2.48 bits per heavy atom. The molecular formula is C19H21NO3. The first-order chi connectivity index (χ1) is 10.9. The number of hydrogen-bond acceptors (Lipinski definition) is 3. The number of amides is 1. The van der Waals surface area contributed by atoms with Gasteiger partial charge in [-0.25, -0.2) is 0 Å². The van der Waals surface area contributed by atoms with Crippen molar-refractivity contribution in [3.05, 3.63) is 52.6 Å². The fourth-order valence-electron chi connectivity index (χ4n) is 3.00. The maximum Gasteiger partial charge on any atom is 0.230 e. The van der Waals surface area contributed by atoms with Gasteiger partial charge in [-0.2, -0.15) is 0 Å². The van der Waals surface area contributed by atoms with Crippen molar-refractivity contribution in [3.8, 4) is 11.5 Å². The van der Waals surface area contributed by atoms with Crippen LogP contribution in [0, 0.1) is 20.8 Å². The molecule has 1 saturated heterocycles. The number of benzene rings is 2. The molecule has 4 heteroatoms. The Kier molecular flexibility index (Phi) is 3.76. The first kappa shape index (κ1) is 15.4. The van der Waals surface area contributed by atoms with Crippen LogP contribution in [0.4, 0.5) is 5.69 Å². The highest BCUT2D eigenvalue weighted by atomic mass is 16.5. The third-order valence-corrected chi connectivity index (χ3v) is 4.67. The summed E-state index contributed by atoms with van der Waals surface area (Å²) in [5, 5.41) is 9.93. The third kappa shape index (κ3) is 2.54. The average Bonchev–Trinajstić information content (AvgIpc) is 2.51. The summed E-state index contributed by atoms with van der Waals surface area (Å²) in [5.74, 6) is 1.13. The van der Waals surface area contributed by atoms with Gasteiger partial charge in [0.2, 0.25) is 5.91 Å². The molecule has 0 spiro atoms. The van der Waals surface area contributed by atoms with Crippen LogP contribution >= 0.6 is 0 Å². The molecule has 0 aliphatic carbocycles. The zero-order valence-corrected chi connectivity index (χ0v) is 13.9. The molecule has 4 nitrogen and oxygen atoms in total. The summed E-state index contributed by atoms with van der Waals surface area (Å²) in [5.41, 5.74) is 4.79. The zero-order valence-electron chi connectivity index (χ0n) is 13.9. The van der Waals surface area contributed by atoms with Gasteiger partial charge < -0.3 is 14.7 Å². The highest BCUT2D eigenvalue weighted by Crippen LogP contribution is 2.42. The van der Waals surface area contributed by atoms with Crippen LogP contribution in [0.5, 0.6) is 11.5 Å². The van der Waals surface area contributed by atoms with E-state index < -0.39 is 0 Å². The van der Waals surface area contributed by atoms with Gasteiger partial charge in [0.15, 0.2) is 0 Å². The Morgan fingerprint density at radius 1 is 1.13 bits per heavy atom. The number of phenols is 1. The molecule has 0 aromatic heterocycles. The van der Waals surface area contributed by atoms with Crippen molar-refractivity contribution in [2.24, 2.45) is 0 Å². The first-order valence-corrected chi connectivity index (χ1v) is 7.69. The number of aromatic hydroxyl groups is 1. The minimum atomic E-state index is -0.0409. The highest BCUT2D eigenvalue weighted by molar-refractivity contribution is 6.01. The lowest BCUT2D eigenvalue weighted by Crippen LogP contribution is -2.46. The van der Waals surface area contributed by atoms with E-state index in [9.17, 15) is 9.90 Å². The number of aryl methyl sites for hydroxylation is 2. The number of carbonyl (C=O) groups excluding carboxylic acids is 1. The van der Waals surface area contributed by atoms with E-state index in [-0.39, 0.29) is 17.7 Å². The van der Waals surface area contributed by atoms with Gasteiger partial charge >= 0.3 is 0 Å². The van der Waals surface area contributed by atoms with Gasteiger partial charge in [-0.05, 0) is 55.2 Å². The van der Waals surface area contributed by atoms with Crippen molar-refractivity contribution in [1.29, 1.82) is 0 Å². The number of ether oxygens (including phenoxy) is 1. The van der Waals surface area contributed by atoms with Crippen molar-refractivity contribution in [3.63, 3.8) is 0 Å². The number of rotatable bonds is 3. The SMILES string of the molecule is COc1cc(N2C(=O)C[C@@H]2c2ccc(C)c(O)c2)cc(C)c1C. The third-order valence-electron chi connectivity index (χ3n) is 4.67. The van der Waals surface area contributed by atoms with Gasteiger partial charge in [-0.1, -0.05) is 12.1 Å².